The third-order valence-corrected chi connectivity index (χ3v) is 5.60. The van der Waals surface area contributed by atoms with Gasteiger partial charge in [-0.25, -0.2) is 4.39 Å². The van der Waals surface area contributed by atoms with Crippen molar-refractivity contribution >= 4 is 17.6 Å². The summed E-state index contributed by atoms with van der Waals surface area (Å²) in [4.78, 5) is 17.4. The van der Waals surface area contributed by atoms with Crippen molar-refractivity contribution in [3.63, 3.8) is 0 Å². The highest BCUT2D eigenvalue weighted by molar-refractivity contribution is 6.10. The second-order valence-electron chi connectivity index (χ2n) is 7.87. The largest absolute Gasteiger partial charge is 0.493 e. The van der Waals surface area contributed by atoms with Gasteiger partial charge in [0.2, 0.25) is 5.96 Å². The Hall–Kier alpha value is -3.88. The van der Waals surface area contributed by atoms with Crippen molar-refractivity contribution in [1.29, 1.82) is 0 Å². The molecule has 2 N–H and O–H groups in total. The first kappa shape index (κ1) is 24.8. The minimum Gasteiger partial charge on any atom is -0.493 e. The van der Waals surface area contributed by atoms with Crippen LogP contribution in [0.2, 0.25) is 0 Å². The summed E-state index contributed by atoms with van der Waals surface area (Å²) in [5.74, 6) is 0.423. The maximum Gasteiger partial charge on any atom is 0.258 e. The summed E-state index contributed by atoms with van der Waals surface area (Å²) >= 11 is 0. The second-order valence-corrected chi connectivity index (χ2v) is 7.87. The third-order valence-electron chi connectivity index (χ3n) is 5.60. The molecular formula is C25H30FN5O3. The van der Waals surface area contributed by atoms with E-state index in [1.807, 2.05) is 25.6 Å². The Morgan fingerprint density at radius 3 is 2.44 bits per heavy atom. The van der Waals surface area contributed by atoms with Crippen molar-refractivity contribution < 1.29 is 18.7 Å². The lowest BCUT2D eigenvalue weighted by atomic mass is 10.1. The van der Waals surface area contributed by atoms with Crippen molar-refractivity contribution in [1.82, 2.24) is 15.1 Å². The summed E-state index contributed by atoms with van der Waals surface area (Å²) in [6, 6.07) is 9.62. The average molecular weight is 468 g/mol. The normalized spacial score (nSPS) is 11.3. The summed E-state index contributed by atoms with van der Waals surface area (Å²) in [5, 5.41) is 10.3. The lowest BCUT2D eigenvalue weighted by molar-refractivity contribution is 0.0976. The smallest absolute Gasteiger partial charge is 0.258 e. The maximum absolute atomic E-state index is 14.0. The Balaban J connectivity index is 1.84. The van der Waals surface area contributed by atoms with Crippen molar-refractivity contribution in [2.75, 3.05) is 26.1 Å². The molecule has 3 aromatic rings. The van der Waals surface area contributed by atoms with Crippen LogP contribution in [0.4, 0.5) is 10.1 Å². The number of methoxy groups -OCH3 is 2. The number of hydrogen-bond acceptors (Lipinski definition) is 5. The maximum atomic E-state index is 14.0. The minimum atomic E-state index is -0.473. The van der Waals surface area contributed by atoms with Crippen molar-refractivity contribution in [2.24, 2.45) is 12.0 Å². The van der Waals surface area contributed by atoms with E-state index in [9.17, 15) is 9.18 Å². The van der Waals surface area contributed by atoms with Crippen LogP contribution in [0.1, 0.15) is 32.9 Å². The first-order valence-electron chi connectivity index (χ1n) is 10.8. The fourth-order valence-corrected chi connectivity index (χ4v) is 3.53. The Bertz CT molecular complexity index is 1220. The molecule has 0 radical (unpaired) electrons. The van der Waals surface area contributed by atoms with Gasteiger partial charge < -0.3 is 14.8 Å². The molecule has 0 atom stereocenters. The monoisotopic (exact) mass is 467 g/mol. The van der Waals surface area contributed by atoms with Crippen molar-refractivity contribution in [3.05, 3.63) is 70.3 Å². The number of anilines is 1. The van der Waals surface area contributed by atoms with Crippen LogP contribution in [-0.4, -0.2) is 42.4 Å². The quantitative estimate of drug-likeness (QED) is 0.406. The summed E-state index contributed by atoms with van der Waals surface area (Å²) in [5.41, 5.74) is 4.44. The molecule has 0 unspecified atom stereocenters. The Labute approximate surface area is 198 Å². The Kier molecular flexibility index (Phi) is 7.88. The molecule has 0 aliphatic heterocycles. The van der Waals surface area contributed by atoms with E-state index in [4.69, 9.17) is 9.47 Å². The van der Waals surface area contributed by atoms with Crippen LogP contribution in [0.3, 0.4) is 0 Å². The molecule has 0 bridgehead atoms. The minimum absolute atomic E-state index is 0.198. The van der Waals surface area contributed by atoms with Gasteiger partial charge in [0, 0.05) is 36.6 Å². The van der Waals surface area contributed by atoms with Gasteiger partial charge in [-0.1, -0.05) is 6.07 Å². The van der Waals surface area contributed by atoms with Crippen LogP contribution in [0, 0.1) is 26.6 Å². The van der Waals surface area contributed by atoms with Crippen LogP contribution in [-0.2, 0) is 13.5 Å². The first-order chi connectivity index (χ1) is 16.2. The van der Waals surface area contributed by atoms with Crippen molar-refractivity contribution in [3.8, 4) is 11.5 Å². The highest BCUT2D eigenvalue weighted by Gasteiger charge is 2.14. The predicted octanol–water partition coefficient (Wildman–Crippen LogP) is 3.94. The summed E-state index contributed by atoms with van der Waals surface area (Å²) in [7, 11) is 5.00. The van der Waals surface area contributed by atoms with E-state index >= 15 is 0 Å². The molecule has 9 heteroatoms. The zero-order valence-electron chi connectivity index (χ0n) is 20.3. The second kappa shape index (κ2) is 10.8. The molecule has 1 amide bonds. The number of aromatic nitrogens is 2. The fourth-order valence-electron chi connectivity index (χ4n) is 3.53. The van der Waals surface area contributed by atoms with Gasteiger partial charge in [0.1, 0.15) is 5.82 Å². The first-order valence-corrected chi connectivity index (χ1v) is 10.8. The van der Waals surface area contributed by atoms with E-state index in [0.29, 0.717) is 35.7 Å². The number of benzene rings is 2. The van der Waals surface area contributed by atoms with Gasteiger partial charge in [-0.3, -0.25) is 19.8 Å². The van der Waals surface area contributed by atoms with Crippen LogP contribution in [0.25, 0.3) is 0 Å². The molecule has 180 valence electrons. The van der Waals surface area contributed by atoms with Gasteiger partial charge in [0.25, 0.3) is 5.91 Å². The number of aliphatic imine (C=N–C) groups is 1. The zero-order chi connectivity index (χ0) is 24.8. The lowest BCUT2D eigenvalue weighted by Crippen LogP contribution is -2.36. The number of guanidine groups is 1. The van der Waals surface area contributed by atoms with Gasteiger partial charge in [0.05, 0.1) is 19.9 Å². The summed E-state index contributed by atoms with van der Waals surface area (Å²) < 4.78 is 26.5. The molecule has 2 aromatic carbocycles. The number of nitrogens with one attached hydrogen (secondary N) is 2. The zero-order valence-corrected chi connectivity index (χ0v) is 20.3. The number of carbonyl (C=O) groups is 1. The topological polar surface area (TPSA) is 89.8 Å². The van der Waals surface area contributed by atoms with Crippen molar-refractivity contribution in [2.45, 2.75) is 27.2 Å². The number of hydrogen-bond donors (Lipinski definition) is 2. The summed E-state index contributed by atoms with van der Waals surface area (Å²) in [6.07, 6.45) is 0.650. The third kappa shape index (κ3) is 5.72. The molecule has 0 saturated carbocycles. The van der Waals surface area contributed by atoms with E-state index < -0.39 is 11.7 Å². The number of ether oxygens (including phenoxy) is 2. The number of rotatable bonds is 7. The number of nitrogens with zero attached hydrogens (tertiary/aromatic N) is 3. The molecule has 34 heavy (non-hydrogen) atoms. The van der Waals surface area contributed by atoms with E-state index in [1.165, 1.54) is 6.07 Å². The molecule has 3 rings (SSSR count). The van der Waals surface area contributed by atoms with E-state index in [-0.39, 0.29) is 11.5 Å². The predicted molar refractivity (Wildman–Crippen MR) is 130 cm³/mol. The molecule has 1 aromatic heterocycles. The Morgan fingerprint density at radius 2 is 1.82 bits per heavy atom. The molecule has 1 heterocycles. The average Bonchev–Trinajstić information content (AvgIpc) is 3.06. The van der Waals surface area contributed by atoms with Crippen LogP contribution < -0.4 is 20.1 Å². The molecule has 0 aliphatic rings. The lowest BCUT2D eigenvalue weighted by Gasteiger charge is -2.14. The molecule has 0 fully saturated rings. The molecule has 0 aliphatic carbocycles. The molecular weight excluding hydrogens is 437 g/mol. The number of aryl methyl sites for hydroxylation is 3. The van der Waals surface area contributed by atoms with Gasteiger partial charge in [-0.15, -0.1) is 0 Å². The van der Waals surface area contributed by atoms with Gasteiger partial charge in [0.15, 0.2) is 11.5 Å². The number of carbonyl (C=O) groups excluding carboxylic acids is 1. The Morgan fingerprint density at radius 1 is 1.09 bits per heavy atom. The SMILES string of the molecule is COc1ccc(NC(=NCCc2c(C)nn(C)c2C)NC(=O)c2ccc(C)c(F)c2)cc1OC. The number of amides is 1. The molecule has 0 spiro atoms. The summed E-state index contributed by atoms with van der Waals surface area (Å²) in [6.45, 7) is 6.02. The van der Waals surface area contributed by atoms with Crippen LogP contribution in [0.15, 0.2) is 41.4 Å². The van der Waals surface area contributed by atoms with E-state index in [2.05, 4.69) is 20.7 Å². The van der Waals surface area contributed by atoms with E-state index in [0.717, 1.165) is 17.0 Å². The fraction of sp³-hybridized carbons (Fsp3) is 0.320. The highest BCUT2D eigenvalue weighted by atomic mass is 19.1. The highest BCUT2D eigenvalue weighted by Crippen LogP contribution is 2.29. The van der Waals surface area contributed by atoms with Gasteiger partial charge in [-0.05, 0) is 62.6 Å². The molecule has 8 nitrogen and oxygen atoms in total. The van der Waals surface area contributed by atoms with Gasteiger partial charge in [-0.2, -0.15) is 5.10 Å². The standard InChI is InChI=1S/C25H30FN5O3/c1-15-7-8-18(13-21(15)26)24(32)29-25(27-12-11-20-16(2)30-31(4)17(20)3)28-19-9-10-22(33-5)23(14-19)34-6/h7-10,13-14H,11-12H2,1-6H3,(H2,27,28,29,32). The number of halogens is 1. The van der Waals surface area contributed by atoms with Crippen LogP contribution >= 0.6 is 0 Å². The molecule has 0 saturated heterocycles. The van der Waals surface area contributed by atoms with E-state index in [1.54, 1.807) is 51.5 Å². The van der Waals surface area contributed by atoms with Crippen LogP contribution in [0.5, 0.6) is 11.5 Å². The van der Waals surface area contributed by atoms with Gasteiger partial charge >= 0.3 is 0 Å².